The van der Waals surface area contributed by atoms with Crippen molar-refractivity contribution in [2.45, 2.75) is 45.4 Å². The molecule has 1 saturated carbocycles. The van der Waals surface area contributed by atoms with Crippen LogP contribution < -0.4 is 0 Å². The number of nitrogens with zero attached hydrogens (tertiary/aromatic N) is 1. The maximum atomic E-state index is 11.9. The van der Waals surface area contributed by atoms with Crippen molar-refractivity contribution >= 4 is 11.9 Å². The van der Waals surface area contributed by atoms with Crippen LogP contribution in [0.5, 0.6) is 0 Å². The van der Waals surface area contributed by atoms with Crippen LogP contribution in [0.2, 0.25) is 0 Å². The van der Waals surface area contributed by atoms with E-state index in [0.717, 1.165) is 32.1 Å². The van der Waals surface area contributed by atoms with Crippen molar-refractivity contribution in [2.24, 2.45) is 11.3 Å². The summed E-state index contributed by atoms with van der Waals surface area (Å²) in [6.45, 7) is 3.16. The highest BCUT2D eigenvalue weighted by molar-refractivity contribution is 5.81. The fourth-order valence-electron chi connectivity index (χ4n) is 3.31. The molecule has 1 N–H and O–H groups in total. The Balaban J connectivity index is 2.02. The van der Waals surface area contributed by atoms with Gasteiger partial charge in [-0.1, -0.05) is 19.8 Å². The molecule has 17 heavy (non-hydrogen) atoms. The fourth-order valence-corrected chi connectivity index (χ4v) is 3.31. The van der Waals surface area contributed by atoms with Crippen LogP contribution in [0.4, 0.5) is 0 Å². The lowest BCUT2D eigenvalue weighted by molar-refractivity contribution is -0.149. The van der Waals surface area contributed by atoms with E-state index in [9.17, 15) is 14.7 Å². The van der Waals surface area contributed by atoms with Gasteiger partial charge in [-0.2, -0.15) is 0 Å². The monoisotopic (exact) mass is 239 g/mol. The fraction of sp³-hybridized carbons (Fsp3) is 0.846. The number of rotatable bonds is 4. The molecule has 0 aromatic carbocycles. The average Bonchev–Trinajstić information content (AvgIpc) is 2.82. The summed E-state index contributed by atoms with van der Waals surface area (Å²) in [5.74, 6) is -0.377. The number of carbonyl (C=O) groups excluding carboxylic acids is 1. The van der Waals surface area contributed by atoms with Crippen LogP contribution >= 0.6 is 0 Å². The molecule has 1 aliphatic heterocycles. The summed E-state index contributed by atoms with van der Waals surface area (Å²) >= 11 is 0. The second-order valence-electron chi connectivity index (χ2n) is 5.43. The summed E-state index contributed by atoms with van der Waals surface area (Å²) in [7, 11) is 0. The first-order valence-corrected chi connectivity index (χ1v) is 6.61. The lowest BCUT2D eigenvalue weighted by Crippen LogP contribution is -2.37. The van der Waals surface area contributed by atoms with Crippen molar-refractivity contribution in [3.05, 3.63) is 0 Å². The van der Waals surface area contributed by atoms with Gasteiger partial charge in [-0.25, -0.2) is 0 Å². The average molecular weight is 239 g/mol. The Labute approximate surface area is 102 Å². The van der Waals surface area contributed by atoms with Gasteiger partial charge >= 0.3 is 5.97 Å². The summed E-state index contributed by atoms with van der Waals surface area (Å²) in [4.78, 5) is 25.2. The van der Waals surface area contributed by atoms with Crippen LogP contribution in [0.25, 0.3) is 0 Å². The van der Waals surface area contributed by atoms with Gasteiger partial charge in [0.2, 0.25) is 5.91 Å². The number of hydrogen-bond donors (Lipinski definition) is 1. The van der Waals surface area contributed by atoms with Crippen LogP contribution in [0.1, 0.15) is 45.4 Å². The molecule has 2 aliphatic rings. The Morgan fingerprint density at radius 3 is 2.82 bits per heavy atom. The maximum absolute atomic E-state index is 11.9. The number of unbranched alkanes of at least 4 members (excludes halogenated alkanes) is 1. The largest absolute Gasteiger partial charge is 0.481 e. The lowest BCUT2D eigenvalue weighted by Gasteiger charge is -2.23. The minimum absolute atomic E-state index is 0.141. The van der Waals surface area contributed by atoms with Gasteiger partial charge in [-0.3, -0.25) is 9.59 Å². The Kier molecular flexibility index (Phi) is 3.40. The summed E-state index contributed by atoms with van der Waals surface area (Å²) in [5.41, 5.74) is -0.623. The highest BCUT2D eigenvalue weighted by atomic mass is 16.4. The maximum Gasteiger partial charge on any atom is 0.311 e. The summed E-state index contributed by atoms with van der Waals surface area (Å²) in [5, 5.41) is 9.41. The quantitative estimate of drug-likeness (QED) is 0.815. The van der Waals surface area contributed by atoms with Gasteiger partial charge in [0.25, 0.3) is 0 Å². The van der Waals surface area contributed by atoms with E-state index >= 15 is 0 Å². The topological polar surface area (TPSA) is 57.6 Å². The Hall–Kier alpha value is -1.06. The van der Waals surface area contributed by atoms with Crippen molar-refractivity contribution < 1.29 is 14.7 Å². The summed E-state index contributed by atoms with van der Waals surface area (Å²) in [6, 6.07) is 0. The van der Waals surface area contributed by atoms with Gasteiger partial charge < -0.3 is 10.0 Å². The van der Waals surface area contributed by atoms with Crippen LogP contribution in [0, 0.1) is 11.3 Å². The number of hydrogen-bond acceptors (Lipinski definition) is 2. The van der Waals surface area contributed by atoms with E-state index in [4.69, 9.17) is 0 Å². The van der Waals surface area contributed by atoms with Gasteiger partial charge in [0.05, 0.1) is 5.41 Å². The number of fused-ring (bicyclic) bond motifs is 1. The SMILES string of the molecule is CCCCC(=O)N1C[C@@H]2CCC[C@@]2(C(=O)O)C1. The molecular weight excluding hydrogens is 218 g/mol. The Morgan fingerprint density at radius 2 is 2.24 bits per heavy atom. The molecule has 0 spiro atoms. The molecular formula is C13H21NO3. The van der Waals surface area contributed by atoms with Crippen molar-refractivity contribution in [3.63, 3.8) is 0 Å². The van der Waals surface area contributed by atoms with E-state index < -0.39 is 11.4 Å². The molecule has 0 unspecified atom stereocenters. The number of amides is 1. The zero-order valence-electron chi connectivity index (χ0n) is 10.4. The van der Waals surface area contributed by atoms with Crippen molar-refractivity contribution in [1.82, 2.24) is 4.90 Å². The molecule has 0 bridgehead atoms. The van der Waals surface area contributed by atoms with E-state index in [-0.39, 0.29) is 11.8 Å². The second-order valence-corrected chi connectivity index (χ2v) is 5.43. The predicted octanol–water partition coefficient (Wildman–Crippen LogP) is 1.89. The van der Waals surface area contributed by atoms with Gasteiger partial charge in [-0.15, -0.1) is 0 Å². The van der Waals surface area contributed by atoms with E-state index in [1.807, 2.05) is 0 Å². The molecule has 2 fully saturated rings. The molecule has 0 aromatic rings. The highest BCUT2D eigenvalue weighted by Crippen LogP contribution is 2.48. The molecule has 96 valence electrons. The van der Waals surface area contributed by atoms with Crippen molar-refractivity contribution in [3.8, 4) is 0 Å². The smallest absolute Gasteiger partial charge is 0.311 e. The normalized spacial score (nSPS) is 31.6. The number of carboxylic acid groups (broad SMARTS) is 1. The van der Waals surface area contributed by atoms with Crippen LogP contribution in [-0.4, -0.2) is 35.0 Å². The van der Waals surface area contributed by atoms with Gasteiger partial charge in [0.1, 0.15) is 0 Å². The number of carboxylic acids is 1. The first-order valence-electron chi connectivity index (χ1n) is 6.61. The lowest BCUT2D eigenvalue weighted by atomic mass is 9.81. The minimum Gasteiger partial charge on any atom is -0.481 e. The van der Waals surface area contributed by atoms with E-state index in [2.05, 4.69) is 6.92 Å². The molecule has 2 atom stereocenters. The second kappa shape index (κ2) is 4.67. The summed E-state index contributed by atoms with van der Waals surface area (Å²) in [6.07, 6.45) is 5.18. The van der Waals surface area contributed by atoms with Gasteiger partial charge in [-0.05, 0) is 25.2 Å². The number of likely N-dealkylation sites (tertiary alicyclic amines) is 1. The highest BCUT2D eigenvalue weighted by Gasteiger charge is 2.55. The van der Waals surface area contributed by atoms with E-state index in [1.165, 1.54) is 0 Å². The first-order chi connectivity index (χ1) is 8.10. The molecule has 2 rings (SSSR count). The van der Waals surface area contributed by atoms with Crippen molar-refractivity contribution in [1.29, 1.82) is 0 Å². The Bertz CT molecular complexity index is 329. The zero-order valence-corrected chi connectivity index (χ0v) is 10.4. The molecule has 1 saturated heterocycles. The standard InChI is InChI=1S/C13H21NO3/c1-2-3-6-11(15)14-8-10-5-4-7-13(10,9-14)12(16)17/h10H,2-9H2,1H3,(H,16,17)/t10-,13+/m0/s1. The van der Waals surface area contributed by atoms with Crippen LogP contribution in [0.15, 0.2) is 0 Å². The third kappa shape index (κ3) is 2.05. The predicted molar refractivity (Wildman–Crippen MR) is 63.5 cm³/mol. The third-order valence-electron chi connectivity index (χ3n) is 4.39. The molecule has 4 nitrogen and oxygen atoms in total. The molecule has 1 amide bonds. The molecule has 0 radical (unpaired) electrons. The van der Waals surface area contributed by atoms with Crippen LogP contribution in [-0.2, 0) is 9.59 Å². The number of carbonyl (C=O) groups is 2. The molecule has 1 aliphatic carbocycles. The van der Waals surface area contributed by atoms with E-state index in [0.29, 0.717) is 19.5 Å². The summed E-state index contributed by atoms with van der Waals surface area (Å²) < 4.78 is 0. The van der Waals surface area contributed by atoms with Crippen LogP contribution in [0.3, 0.4) is 0 Å². The first kappa shape index (κ1) is 12.4. The molecule has 0 aromatic heterocycles. The zero-order chi connectivity index (χ0) is 12.5. The third-order valence-corrected chi connectivity index (χ3v) is 4.39. The van der Waals surface area contributed by atoms with Gasteiger partial charge in [0, 0.05) is 19.5 Å². The number of aliphatic carboxylic acids is 1. The van der Waals surface area contributed by atoms with Gasteiger partial charge in [0.15, 0.2) is 0 Å². The molecule has 1 heterocycles. The molecule has 4 heteroatoms. The minimum atomic E-state index is -0.703. The van der Waals surface area contributed by atoms with Crippen molar-refractivity contribution in [2.75, 3.05) is 13.1 Å². The Morgan fingerprint density at radius 1 is 1.47 bits per heavy atom. The van der Waals surface area contributed by atoms with E-state index in [1.54, 1.807) is 4.90 Å².